The number of nitrogens with one attached hydrogen (secondary N) is 1. The summed E-state index contributed by atoms with van der Waals surface area (Å²) >= 11 is 0. The average Bonchev–Trinajstić information content (AvgIpc) is 2.86. The van der Waals surface area contributed by atoms with E-state index in [-0.39, 0.29) is 6.04 Å². The molecule has 2 rings (SSSR count). The van der Waals surface area contributed by atoms with Crippen molar-refractivity contribution in [3.63, 3.8) is 0 Å². The van der Waals surface area contributed by atoms with E-state index in [9.17, 15) is 0 Å². The Balaban J connectivity index is 2.02. The summed E-state index contributed by atoms with van der Waals surface area (Å²) in [6.45, 7) is 2.81. The number of aromatic nitrogens is 4. The van der Waals surface area contributed by atoms with Crippen molar-refractivity contribution in [2.75, 3.05) is 0 Å². The number of aryl methyl sites for hydroxylation is 2. The van der Waals surface area contributed by atoms with Gasteiger partial charge in [0.25, 0.3) is 0 Å². The summed E-state index contributed by atoms with van der Waals surface area (Å²) in [7, 11) is 0. The maximum absolute atomic E-state index is 5.82. The lowest BCUT2D eigenvalue weighted by Crippen LogP contribution is -2.13. The van der Waals surface area contributed by atoms with Crippen molar-refractivity contribution in [1.82, 2.24) is 19.5 Å². The van der Waals surface area contributed by atoms with E-state index in [1.165, 1.54) is 0 Å². The van der Waals surface area contributed by atoms with Crippen molar-refractivity contribution in [2.24, 2.45) is 5.73 Å². The van der Waals surface area contributed by atoms with E-state index in [1.54, 1.807) is 6.20 Å². The molecular formula is C10H15N5. The standard InChI is InChI=1S/C10H15N5/c1-8(11)9-6-12-7-15(9)5-2-10-13-3-4-14-10/h3-4,6-8H,2,5,11H2,1H3,(H,13,14)/t8-/m0/s1. The minimum absolute atomic E-state index is 0.0177. The van der Waals surface area contributed by atoms with E-state index in [1.807, 2.05) is 25.6 Å². The van der Waals surface area contributed by atoms with Gasteiger partial charge in [0.2, 0.25) is 0 Å². The molecule has 0 radical (unpaired) electrons. The van der Waals surface area contributed by atoms with Crippen LogP contribution in [0.1, 0.15) is 24.5 Å². The normalized spacial score (nSPS) is 12.9. The molecule has 80 valence electrons. The maximum Gasteiger partial charge on any atom is 0.107 e. The highest BCUT2D eigenvalue weighted by Gasteiger charge is 2.06. The predicted molar refractivity (Wildman–Crippen MR) is 57.1 cm³/mol. The maximum atomic E-state index is 5.82. The van der Waals surface area contributed by atoms with Gasteiger partial charge in [0.15, 0.2) is 0 Å². The van der Waals surface area contributed by atoms with Crippen LogP contribution < -0.4 is 5.73 Å². The average molecular weight is 205 g/mol. The van der Waals surface area contributed by atoms with Crippen LogP contribution in [-0.2, 0) is 13.0 Å². The molecule has 0 amide bonds. The Morgan fingerprint density at radius 2 is 2.47 bits per heavy atom. The molecule has 0 saturated heterocycles. The second kappa shape index (κ2) is 4.27. The highest BCUT2D eigenvalue weighted by atomic mass is 15.1. The molecule has 0 saturated carbocycles. The molecule has 5 heteroatoms. The molecule has 0 fully saturated rings. The van der Waals surface area contributed by atoms with Crippen LogP contribution in [0.4, 0.5) is 0 Å². The monoisotopic (exact) mass is 205 g/mol. The molecule has 2 aromatic heterocycles. The zero-order valence-corrected chi connectivity index (χ0v) is 8.72. The molecule has 5 nitrogen and oxygen atoms in total. The highest BCUT2D eigenvalue weighted by Crippen LogP contribution is 2.09. The summed E-state index contributed by atoms with van der Waals surface area (Å²) in [6, 6.07) is 0.0177. The van der Waals surface area contributed by atoms with Gasteiger partial charge in [0.05, 0.1) is 12.0 Å². The van der Waals surface area contributed by atoms with Gasteiger partial charge >= 0.3 is 0 Å². The minimum Gasteiger partial charge on any atom is -0.349 e. The van der Waals surface area contributed by atoms with Crippen LogP contribution in [0.2, 0.25) is 0 Å². The molecule has 0 spiro atoms. The van der Waals surface area contributed by atoms with Gasteiger partial charge in [-0.3, -0.25) is 0 Å². The van der Waals surface area contributed by atoms with Gasteiger partial charge in [0, 0.05) is 37.6 Å². The van der Waals surface area contributed by atoms with E-state index >= 15 is 0 Å². The Hall–Kier alpha value is -1.62. The van der Waals surface area contributed by atoms with Crippen molar-refractivity contribution in [3.05, 3.63) is 36.4 Å². The van der Waals surface area contributed by atoms with Crippen molar-refractivity contribution in [2.45, 2.75) is 25.9 Å². The SMILES string of the molecule is C[C@H](N)c1cncn1CCc1ncc[nH]1. The molecule has 1 atom stereocenters. The molecule has 2 heterocycles. The van der Waals surface area contributed by atoms with Crippen molar-refractivity contribution in [1.29, 1.82) is 0 Å². The Labute approximate surface area is 88.4 Å². The van der Waals surface area contributed by atoms with Crippen LogP contribution in [0.25, 0.3) is 0 Å². The Kier molecular flexibility index (Phi) is 2.82. The first-order valence-electron chi connectivity index (χ1n) is 5.01. The molecule has 0 bridgehead atoms. The van der Waals surface area contributed by atoms with Crippen LogP contribution in [-0.4, -0.2) is 19.5 Å². The Morgan fingerprint density at radius 1 is 1.60 bits per heavy atom. The van der Waals surface area contributed by atoms with E-state index < -0.39 is 0 Å². The molecule has 0 aliphatic carbocycles. The number of hydrogen-bond acceptors (Lipinski definition) is 3. The van der Waals surface area contributed by atoms with Gasteiger partial charge in [-0.1, -0.05) is 0 Å². The first kappa shape index (κ1) is 9.92. The molecule has 15 heavy (non-hydrogen) atoms. The van der Waals surface area contributed by atoms with Gasteiger partial charge in [-0.25, -0.2) is 9.97 Å². The lowest BCUT2D eigenvalue weighted by atomic mass is 10.2. The number of aromatic amines is 1. The van der Waals surface area contributed by atoms with Gasteiger partial charge in [-0.05, 0) is 6.92 Å². The Morgan fingerprint density at radius 3 is 3.13 bits per heavy atom. The summed E-state index contributed by atoms with van der Waals surface area (Å²) in [5.41, 5.74) is 6.88. The third kappa shape index (κ3) is 2.24. The van der Waals surface area contributed by atoms with Crippen LogP contribution >= 0.6 is 0 Å². The van der Waals surface area contributed by atoms with E-state index in [4.69, 9.17) is 5.73 Å². The zero-order valence-electron chi connectivity index (χ0n) is 8.72. The summed E-state index contributed by atoms with van der Waals surface area (Å²) in [6.07, 6.45) is 8.07. The Bertz CT molecular complexity index is 401. The van der Waals surface area contributed by atoms with Crippen molar-refractivity contribution in [3.8, 4) is 0 Å². The van der Waals surface area contributed by atoms with Gasteiger partial charge < -0.3 is 15.3 Å². The molecule has 3 N–H and O–H groups in total. The lowest BCUT2D eigenvalue weighted by molar-refractivity contribution is 0.614. The van der Waals surface area contributed by atoms with Gasteiger partial charge in [0.1, 0.15) is 5.82 Å². The highest BCUT2D eigenvalue weighted by molar-refractivity contribution is 5.03. The van der Waals surface area contributed by atoms with Crippen LogP contribution in [0, 0.1) is 0 Å². The van der Waals surface area contributed by atoms with Crippen molar-refractivity contribution < 1.29 is 0 Å². The second-order valence-electron chi connectivity index (χ2n) is 3.59. The summed E-state index contributed by atoms with van der Waals surface area (Å²) in [4.78, 5) is 11.3. The number of nitrogens with two attached hydrogens (primary N) is 1. The molecular weight excluding hydrogens is 190 g/mol. The number of rotatable bonds is 4. The molecule has 0 aliphatic heterocycles. The molecule has 0 aromatic carbocycles. The summed E-state index contributed by atoms with van der Waals surface area (Å²) in [5.74, 6) is 0.985. The molecule has 2 aromatic rings. The fourth-order valence-corrected chi connectivity index (χ4v) is 1.56. The van der Waals surface area contributed by atoms with E-state index in [0.717, 1.165) is 24.5 Å². The summed E-state index contributed by atoms with van der Waals surface area (Å²) in [5, 5.41) is 0. The molecule has 0 aliphatic rings. The zero-order chi connectivity index (χ0) is 10.7. The third-order valence-corrected chi connectivity index (χ3v) is 2.36. The lowest BCUT2D eigenvalue weighted by Gasteiger charge is -2.09. The number of nitrogens with zero attached hydrogens (tertiary/aromatic N) is 3. The first-order valence-corrected chi connectivity index (χ1v) is 5.01. The third-order valence-electron chi connectivity index (χ3n) is 2.36. The molecule has 0 unspecified atom stereocenters. The van der Waals surface area contributed by atoms with Crippen LogP contribution in [0.5, 0.6) is 0 Å². The fraction of sp³-hybridized carbons (Fsp3) is 0.400. The first-order chi connectivity index (χ1) is 7.27. The fourth-order valence-electron chi connectivity index (χ4n) is 1.56. The number of imidazole rings is 2. The van der Waals surface area contributed by atoms with Gasteiger partial charge in [-0.2, -0.15) is 0 Å². The van der Waals surface area contributed by atoms with E-state index in [2.05, 4.69) is 19.5 Å². The second-order valence-corrected chi connectivity index (χ2v) is 3.59. The quantitative estimate of drug-likeness (QED) is 0.777. The van der Waals surface area contributed by atoms with Gasteiger partial charge in [-0.15, -0.1) is 0 Å². The largest absolute Gasteiger partial charge is 0.349 e. The number of hydrogen-bond donors (Lipinski definition) is 2. The smallest absolute Gasteiger partial charge is 0.107 e. The minimum atomic E-state index is 0.0177. The topological polar surface area (TPSA) is 72.5 Å². The number of H-pyrrole nitrogens is 1. The summed E-state index contributed by atoms with van der Waals surface area (Å²) < 4.78 is 2.06. The van der Waals surface area contributed by atoms with Crippen molar-refractivity contribution >= 4 is 0 Å². The predicted octanol–water partition coefficient (Wildman–Crippen LogP) is 0.869. The van der Waals surface area contributed by atoms with Crippen LogP contribution in [0.15, 0.2) is 24.9 Å². The van der Waals surface area contributed by atoms with E-state index in [0.29, 0.717) is 0 Å². The van der Waals surface area contributed by atoms with Crippen LogP contribution in [0.3, 0.4) is 0 Å².